The first kappa shape index (κ1) is 11.0. The smallest absolute Gasteiger partial charge is 0.101 e. The maximum Gasteiger partial charge on any atom is 0.101 e. The summed E-state index contributed by atoms with van der Waals surface area (Å²) >= 11 is 11.9. The molecule has 0 fully saturated rings. The largest absolute Gasteiger partial charge is 0.192 e. The molecular formula is C13H7Cl2N. The molecule has 2 aromatic carbocycles. The van der Waals surface area contributed by atoms with Crippen molar-refractivity contribution in [3.05, 3.63) is 58.1 Å². The van der Waals surface area contributed by atoms with Crippen LogP contribution in [0.15, 0.2) is 42.5 Å². The van der Waals surface area contributed by atoms with Crippen LogP contribution in [0.2, 0.25) is 10.0 Å². The number of halogens is 2. The molecule has 0 amide bonds. The van der Waals surface area contributed by atoms with E-state index >= 15 is 0 Å². The van der Waals surface area contributed by atoms with Crippen molar-refractivity contribution in [2.75, 3.05) is 0 Å². The molecule has 0 radical (unpaired) electrons. The number of nitriles is 1. The summed E-state index contributed by atoms with van der Waals surface area (Å²) in [6.45, 7) is 0. The topological polar surface area (TPSA) is 23.8 Å². The van der Waals surface area contributed by atoms with Gasteiger partial charge in [-0.15, -0.1) is 0 Å². The lowest BCUT2D eigenvalue weighted by Gasteiger charge is -2.06. The average molecular weight is 248 g/mol. The molecule has 3 heteroatoms. The molecule has 0 saturated carbocycles. The van der Waals surface area contributed by atoms with Crippen molar-refractivity contribution in [1.29, 1.82) is 5.26 Å². The minimum atomic E-state index is 0.383. The first-order chi connectivity index (χ1) is 7.72. The second-order valence-corrected chi connectivity index (χ2v) is 4.13. The van der Waals surface area contributed by atoms with E-state index in [0.717, 1.165) is 11.1 Å². The van der Waals surface area contributed by atoms with E-state index in [1.165, 1.54) is 0 Å². The summed E-state index contributed by atoms with van der Waals surface area (Å²) in [7, 11) is 0. The Balaban J connectivity index is 2.70. The summed E-state index contributed by atoms with van der Waals surface area (Å²) in [6, 6.07) is 15.0. The fourth-order valence-electron chi connectivity index (χ4n) is 1.53. The number of hydrogen-bond donors (Lipinski definition) is 0. The molecule has 0 saturated heterocycles. The van der Waals surface area contributed by atoms with Gasteiger partial charge in [0.2, 0.25) is 0 Å². The van der Waals surface area contributed by atoms with Gasteiger partial charge in [-0.25, -0.2) is 0 Å². The molecule has 0 bridgehead atoms. The lowest BCUT2D eigenvalue weighted by molar-refractivity contribution is 1.48. The number of rotatable bonds is 1. The molecule has 0 unspecified atom stereocenters. The Morgan fingerprint density at radius 1 is 1.00 bits per heavy atom. The second-order valence-electron chi connectivity index (χ2n) is 3.29. The van der Waals surface area contributed by atoms with Crippen LogP contribution in [0.5, 0.6) is 0 Å². The summed E-state index contributed by atoms with van der Waals surface area (Å²) in [4.78, 5) is 0. The van der Waals surface area contributed by atoms with Gasteiger partial charge in [0.25, 0.3) is 0 Å². The van der Waals surface area contributed by atoms with Crippen LogP contribution in [0.1, 0.15) is 5.56 Å². The minimum Gasteiger partial charge on any atom is -0.192 e. The standard InChI is InChI=1S/C13H7Cl2N/c14-10-6-11(9-4-2-1-3-5-9)12(8-16)13(15)7-10/h1-7H. The van der Waals surface area contributed by atoms with Gasteiger partial charge in [0.15, 0.2) is 0 Å². The Morgan fingerprint density at radius 2 is 1.69 bits per heavy atom. The highest BCUT2D eigenvalue weighted by Crippen LogP contribution is 2.31. The molecule has 2 aromatic rings. The van der Waals surface area contributed by atoms with Crippen LogP contribution in [0.25, 0.3) is 11.1 Å². The highest BCUT2D eigenvalue weighted by atomic mass is 35.5. The van der Waals surface area contributed by atoms with E-state index in [4.69, 9.17) is 28.5 Å². The summed E-state index contributed by atoms with van der Waals surface area (Å²) in [5.41, 5.74) is 2.15. The molecule has 0 aliphatic carbocycles. The zero-order valence-electron chi connectivity index (χ0n) is 8.24. The van der Waals surface area contributed by atoms with Crippen LogP contribution in [-0.4, -0.2) is 0 Å². The SMILES string of the molecule is N#Cc1c(Cl)cc(Cl)cc1-c1ccccc1. The Morgan fingerprint density at radius 3 is 2.31 bits per heavy atom. The van der Waals surface area contributed by atoms with Crippen LogP contribution in [0, 0.1) is 11.3 Å². The van der Waals surface area contributed by atoms with Crippen molar-refractivity contribution in [3.63, 3.8) is 0 Å². The van der Waals surface area contributed by atoms with E-state index in [0.29, 0.717) is 15.6 Å². The first-order valence-corrected chi connectivity index (χ1v) is 5.42. The summed E-state index contributed by atoms with van der Waals surface area (Å²) in [6.07, 6.45) is 0. The zero-order chi connectivity index (χ0) is 11.5. The predicted octanol–water partition coefficient (Wildman–Crippen LogP) is 4.53. The van der Waals surface area contributed by atoms with Crippen LogP contribution < -0.4 is 0 Å². The summed E-state index contributed by atoms with van der Waals surface area (Å²) in [5.74, 6) is 0. The third-order valence-electron chi connectivity index (χ3n) is 2.25. The first-order valence-electron chi connectivity index (χ1n) is 4.67. The van der Waals surface area contributed by atoms with Gasteiger partial charge in [0.05, 0.1) is 10.6 Å². The highest BCUT2D eigenvalue weighted by molar-refractivity contribution is 6.36. The molecule has 0 heterocycles. The monoisotopic (exact) mass is 247 g/mol. The molecule has 0 aliphatic heterocycles. The lowest BCUT2D eigenvalue weighted by atomic mass is 10.0. The third kappa shape index (κ3) is 2.04. The van der Waals surface area contributed by atoms with Gasteiger partial charge < -0.3 is 0 Å². The number of hydrogen-bond acceptors (Lipinski definition) is 1. The normalized spacial score (nSPS) is 9.81. The zero-order valence-corrected chi connectivity index (χ0v) is 9.76. The summed E-state index contributed by atoms with van der Waals surface area (Å²) < 4.78 is 0. The quantitative estimate of drug-likeness (QED) is 0.727. The van der Waals surface area contributed by atoms with Crippen LogP contribution >= 0.6 is 23.2 Å². The molecule has 0 aromatic heterocycles. The van der Waals surface area contributed by atoms with E-state index < -0.39 is 0 Å². The minimum absolute atomic E-state index is 0.383. The van der Waals surface area contributed by atoms with Gasteiger partial charge in [-0.05, 0) is 17.7 Å². The van der Waals surface area contributed by atoms with Crippen molar-refractivity contribution in [1.82, 2.24) is 0 Å². The average Bonchev–Trinajstić information content (AvgIpc) is 2.29. The molecule has 78 valence electrons. The van der Waals surface area contributed by atoms with Crippen LogP contribution in [0.3, 0.4) is 0 Å². The molecular weight excluding hydrogens is 241 g/mol. The van der Waals surface area contributed by atoms with Crippen molar-refractivity contribution in [2.24, 2.45) is 0 Å². The fourth-order valence-corrected chi connectivity index (χ4v) is 2.07. The Kier molecular flexibility index (Phi) is 3.14. The van der Waals surface area contributed by atoms with E-state index in [2.05, 4.69) is 6.07 Å². The number of nitrogens with zero attached hydrogens (tertiary/aromatic N) is 1. The lowest BCUT2D eigenvalue weighted by Crippen LogP contribution is -1.86. The maximum absolute atomic E-state index is 9.07. The molecule has 0 spiro atoms. The van der Waals surface area contributed by atoms with Gasteiger partial charge >= 0.3 is 0 Å². The van der Waals surface area contributed by atoms with Crippen LogP contribution in [0.4, 0.5) is 0 Å². The Bertz CT molecular complexity index is 556. The second kappa shape index (κ2) is 4.57. The highest BCUT2D eigenvalue weighted by Gasteiger charge is 2.10. The van der Waals surface area contributed by atoms with E-state index in [1.54, 1.807) is 12.1 Å². The van der Waals surface area contributed by atoms with Crippen molar-refractivity contribution in [2.45, 2.75) is 0 Å². The number of benzene rings is 2. The van der Waals surface area contributed by atoms with Gasteiger partial charge in [-0.1, -0.05) is 53.5 Å². The summed E-state index contributed by atoms with van der Waals surface area (Å²) in [5, 5.41) is 9.99. The van der Waals surface area contributed by atoms with Gasteiger partial charge in [-0.3, -0.25) is 0 Å². The van der Waals surface area contributed by atoms with Gasteiger partial charge in [-0.2, -0.15) is 5.26 Å². The molecule has 16 heavy (non-hydrogen) atoms. The Labute approximate surface area is 104 Å². The predicted molar refractivity (Wildman–Crippen MR) is 66.6 cm³/mol. The third-order valence-corrected chi connectivity index (χ3v) is 2.77. The molecule has 1 nitrogen and oxygen atoms in total. The molecule has 0 atom stereocenters. The van der Waals surface area contributed by atoms with Crippen LogP contribution in [-0.2, 0) is 0 Å². The van der Waals surface area contributed by atoms with Crippen molar-refractivity contribution < 1.29 is 0 Å². The van der Waals surface area contributed by atoms with Crippen molar-refractivity contribution in [3.8, 4) is 17.2 Å². The van der Waals surface area contributed by atoms with E-state index in [-0.39, 0.29) is 0 Å². The molecule has 0 N–H and O–H groups in total. The fraction of sp³-hybridized carbons (Fsp3) is 0. The Hall–Kier alpha value is -1.49. The van der Waals surface area contributed by atoms with E-state index in [9.17, 15) is 0 Å². The van der Waals surface area contributed by atoms with Gasteiger partial charge in [0.1, 0.15) is 6.07 Å². The molecule has 2 rings (SSSR count). The molecule has 0 aliphatic rings. The maximum atomic E-state index is 9.07. The van der Waals surface area contributed by atoms with Gasteiger partial charge in [0, 0.05) is 10.6 Å². The van der Waals surface area contributed by atoms with E-state index in [1.807, 2.05) is 30.3 Å². The van der Waals surface area contributed by atoms with Crippen molar-refractivity contribution >= 4 is 23.2 Å².